The Bertz CT molecular complexity index is 778. The van der Waals surface area contributed by atoms with Crippen molar-refractivity contribution in [2.24, 2.45) is 5.41 Å². The zero-order valence-corrected chi connectivity index (χ0v) is 14.1. The van der Waals surface area contributed by atoms with Gasteiger partial charge in [0.25, 0.3) is 0 Å². The number of rotatable bonds is 5. The Labute approximate surface area is 145 Å². The van der Waals surface area contributed by atoms with Gasteiger partial charge in [-0.3, -0.25) is 4.79 Å². The molecule has 1 amide bonds. The Morgan fingerprint density at radius 2 is 2.24 bits per heavy atom. The summed E-state index contributed by atoms with van der Waals surface area (Å²) in [6.07, 6.45) is 3.32. The SMILES string of the molecule is C[C@@]1(C(=O)NCc2cccc(-n3ccc(C(=O)O)n3)c2)CCCOC1. The lowest BCUT2D eigenvalue weighted by molar-refractivity contribution is -0.137. The van der Waals surface area contributed by atoms with Gasteiger partial charge >= 0.3 is 5.97 Å². The van der Waals surface area contributed by atoms with E-state index in [4.69, 9.17) is 9.84 Å². The first-order chi connectivity index (χ1) is 12.0. The summed E-state index contributed by atoms with van der Waals surface area (Å²) in [5.74, 6) is -1.07. The molecule has 2 heterocycles. The fourth-order valence-electron chi connectivity index (χ4n) is 2.90. The van der Waals surface area contributed by atoms with E-state index in [1.807, 2.05) is 31.2 Å². The van der Waals surface area contributed by atoms with Crippen LogP contribution in [0.3, 0.4) is 0 Å². The second-order valence-electron chi connectivity index (χ2n) is 6.52. The fraction of sp³-hybridized carbons (Fsp3) is 0.389. The summed E-state index contributed by atoms with van der Waals surface area (Å²) < 4.78 is 6.94. The number of carboxylic acids is 1. The number of benzene rings is 1. The molecule has 132 valence electrons. The van der Waals surface area contributed by atoms with Crippen molar-refractivity contribution in [3.8, 4) is 5.69 Å². The summed E-state index contributed by atoms with van der Waals surface area (Å²) in [6.45, 7) is 3.49. The van der Waals surface area contributed by atoms with Gasteiger partial charge in [0, 0.05) is 19.3 Å². The maximum atomic E-state index is 12.5. The molecule has 0 saturated carbocycles. The van der Waals surface area contributed by atoms with E-state index in [0.29, 0.717) is 19.8 Å². The van der Waals surface area contributed by atoms with Crippen LogP contribution in [0.5, 0.6) is 0 Å². The lowest BCUT2D eigenvalue weighted by atomic mass is 9.84. The van der Waals surface area contributed by atoms with E-state index >= 15 is 0 Å². The molecule has 1 atom stereocenters. The zero-order chi connectivity index (χ0) is 17.9. The van der Waals surface area contributed by atoms with E-state index in [0.717, 1.165) is 24.1 Å². The normalized spacial score (nSPS) is 20.2. The Kier molecular flexibility index (Phi) is 4.85. The molecule has 3 rings (SSSR count). The van der Waals surface area contributed by atoms with Crippen LogP contribution < -0.4 is 5.32 Å². The molecule has 0 aliphatic carbocycles. The molecule has 2 N–H and O–H groups in total. The van der Waals surface area contributed by atoms with Crippen molar-refractivity contribution >= 4 is 11.9 Å². The molecule has 7 nitrogen and oxygen atoms in total. The molecule has 0 bridgehead atoms. The molecule has 1 saturated heterocycles. The number of hydrogen-bond acceptors (Lipinski definition) is 4. The molecule has 1 aliphatic rings. The van der Waals surface area contributed by atoms with E-state index in [9.17, 15) is 9.59 Å². The third-order valence-electron chi connectivity index (χ3n) is 4.42. The van der Waals surface area contributed by atoms with E-state index in [1.165, 1.54) is 10.7 Å². The Morgan fingerprint density at radius 1 is 1.40 bits per heavy atom. The minimum atomic E-state index is -1.06. The van der Waals surface area contributed by atoms with Crippen LogP contribution in [0.2, 0.25) is 0 Å². The summed E-state index contributed by atoms with van der Waals surface area (Å²) in [7, 11) is 0. The first-order valence-electron chi connectivity index (χ1n) is 8.22. The maximum absolute atomic E-state index is 12.5. The van der Waals surface area contributed by atoms with Gasteiger partial charge in [-0.15, -0.1) is 0 Å². The summed E-state index contributed by atoms with van der Waals surface area (Å²) in [6, 6.07) is 8.91. The van der Waals surface area contributed by atoms with Crippen molar-refractivity contribution in [2.45, 2.75) is 26.3 Å². The van der Waals surface area contributed by atoms with Gasteiger partial charge in [-0.1, -0.05) is 12.1 Å². The molecule has 1 aromatic heterocycles. The summed E-state index contributed by atoms with van der Waals surface area (Å²) in [5, 5.41) is 15.9. The average molecular weight is 343 g/mol. The highest BCUT2D eigenvalue weighted by atomic mass is 16.5. The van der Waals surface area contributed by atoms with Crippen LogP contribution in [-0.4, -0.2) is 40.0 Å². The smallest absolute Gasteiger partial charge is 0.356 e. The summed E-state index contributed by atoms with van der Waals surface area (Å²) in [5.41, 5.74) is 1.17. The van der Waals surface area contributed by atoms with E-state index in [1.54, 1.807) is 6.20 Å². The van der Waals surface area contributed by atoms with Gasteiger partial charge in [0.1, 0.15) is 0 Å². The van der Waals surface area contributed by atoms with E-state index < -0.39 is 11.4 Å². The molecule has 7 heteroatoms. The van der Waals surface area contributed by atoms with Crippen LogP contribution in [0, 0.1) is 5.41 Å². The van der Waals surface area contributed by atoms with Crippen LogP contribution in [0.1, 0.15) is 35.8 Å². The van der Waals surface area contributed by atoms with Crippen LogP contribution in [0.15, 0.2) is 36.5 Å². The minimum Gasteiger partial charge on any atom is -0.476 e. The van der Waals surface area contributed by atoms with Gasteiger partial charge in [0.05, 0.1) is 17.7 Å². The number of aromatic nitrogens is 2. The first kappa shape index (κ1) is 17.2. The Balaban J connectivity index is 1.67. The largest absolute Gasteiger partial charge is 0.476 e. The number of nitrogens with one attached hydrogen (secondary N) is 1. The monoisotopic (exact) mass is 343 g/mol. The van der Waals surface area contributed by atoms with Gasteiger partial charge in [-0.05, 0) is 43.5 Å². The topological polar surface area (TPSA) is 93.5 Å². The van der Waals surface area contributed by atoms with Gasteiger partial charge < -0.3 is 15.2 Å². The zero-order valence-electron chi connectivity index (χ0n) is 14.1. The number of hydrogen-bond donors (Lipinski definition) is 2. The van der Waals surface area contributed by atoms with Gasteiger partial charge in [0.2, 0.25) is 5.91 Å². The van der Waals surface area contributed by atoms with Crippen molar-refractivity contribution in [1.82, 2.24) is 15.1 Å². The number of amides is 1. The molecule has 1 fully saturated rings. The van der Waals surface area contributed by atoms with Crippen molar-refractivity contribution in [2.75, 3.05) is 13.2 Å². The molecule has 0 radical (unpaired) electrons. The van der Waals surface area contributed by atoms with Crippen LogP contribution in [-0.2, 0) is 16.1 Å². The van der Waals surface area contributed by atoms with Crippen LogP contribution >= 0.6 is 0 Å². The number of aromatic carboxylic acids is 1. The third kappa shape index (κ3) is 3.88. The van der Waals surface area contributed by atoms with E-state index in [2.05, 4.69) is 10.4 Å². The first-order valence-corrected chi connectivity index (χ1v) is 8.22. The Hall–Kier alpha value is -2.67. The number of carbonyl (C=O) groups is 2. The quantitative estimate of drug-likeness (QED) is 0.866. The standard InChI is InChI=1S/C18H21N3O4/c1-18(7-3-9-25-12-18)17(24)19-11-13-4-2-5-14(10-13)21-8-6-15(20-21)16(22)23/h2,4-6,8,10H,3,7,9,11-12H2,1H3,(H,19,24)(H,22,23)/t18-/m1/s1. The second kappa shape index (κ2) is 7.06. The predicted molar refractivity (Wildman–Crippen MR) is 90.5 cm³/mol. The van der Waals surface area contributed by atoms with Gasteiger partial charge in [-0.25, -0.2) is 9.48 Å². The highest BCUT2D eigenvalue weighted by Gasteiger charge is 2.35. The van der Waals surface area contributed by atoms with Gasteiger partial charge in [-0.2, -0.15) is 5.10 Å². The van der Waals surface area contributed by atoms with E-state index in [-0.39, 0.29) is 11.6 Å². The second-order valence-corrected chi connectivity index (χ2v) is 6.52. The minimum absolute atomic E-state index is 0.00939. The molecule has 0 unspecified atom stereocenters. The molecule has 25 heavy (non-hydrogen) atoms. The van der Waals surface area contributed by atoms with Crippen molar-refractivity contribution in [3.05, 3.63) is 47.8 Å². The molecule has 1 aromatic carbocycles. The number of nitrogens with zero attached hydrogens (tertiary/aromatic N) is 2. The third-order valence-corrected chi connectivity index (χ3v) is 4.42. The summed E-state index contributed by atoms with van der Waals surface area (Å²) in [4.78, 5) is 23.4. The van der Waals surface area contributed by atoms with Crippen molar-refractivity contribution < 1.29 is 19.4 Å². The highest BCUT2D eigenvalue weighted by Crippen LogP contribution is 2.28. The maximum Gasteiger partial charge on any atom is 0.356 e. The number of ether oxygens (including phenoxy) is 1. The van der Waals surface area contributed by atoms with Gasteiger partial charge in [0.15, 0.2) is 5.69 Å². The summed E-state index contributed by atoms with van der Waals surface area (Å²) >= 11 is 0. The van der Waals surface area contributed by atoms with Crippen LogP contribution in [0.25, 0.3) is 5.69 Å². The van der Waals surface area contributed by atoms with Crippen LogP contribution in [0.4, 0.5) is 0 Å². The van der Waals surface area contributed by atoms with Crippen molar-refractivity contribution in [3.63, 3.8) is 0 Å². The molecule has 2 aromatic rings. The molecular formula is C18H21N3O4. The highest BCUT2D eigenvalue weighted by molar-refractivity contribution is 5.85. The van der Waals surface area contributed by atoms with Crippen molar-refractivity contribution in [1.29, 1.82) is 0 Å². The molecule has 0 spiro atoms. The number of carboxylic acid groups (broad SMARTS) is 1. The Morgan fingerprint density at radius 3 is 2.92 bits per heavy atom. The lowest BCUT2D eigenvalue weighted by Gasteiger charge is -2.31. The predicted octanol–water partition coefficient (Wildman–Crippen LogP) is 2.00. The number of carbonyl (C=O) groups excluding carboxylic acids is 1. The molecule has 1 aliphatic heterocycles. The average Bonchev–Trinajstić information content (AvgIpc) is 3.11. The molecular weight excluding hydrogens is 322 g/mol. The lowest BCUT2D eigenvalue weighted by Crippen LogP contribution is -2.44. The fourth-order valence-corrected chi connectivity index (χ4v) is 2.90.